The Morgan fingerprint density at radius 3 is 2.62 bits per heavy atom. The van der Waals surface area contributed by atoms with Crippen molar-refractivity contribution < 1.29 is 9.15 Å². The predicted molar refractivity (Wildman–Crippen MR) is 86.4 cm³/mol. The summed E-state index contributed by atoms with van der Waals surface area (Å²) in [6.07, 6.45) is 0. The molecule has 2 aromatic carbocycles. The van der Waals surface area contributed by atoms with Gasteiger partial charge in [0.05, 0.1) is 5.69 Å². The molecule has 0 aliphatic heterocycles. The molecule has 4 nitrogen and oxygen atoms in total. The molecular formula is C16H15BrN2O2. The molecule has 0 aliphatic rings. The summed E-state index contributed by atoms with van der Waals surface area (Å²) in [5, 5.41) is 0. The van der Waals surface area contributed by atoms with Gasteiger partial charge in [-0.25, -0.2) is 4.98 Å². The van der Waals surface area contributed by atoms with E-state index in [4.69, 9.17) is 14.9 Å². The maximum Gasteiger partial charge on any atom is 0.233 e. The van der Waals surface area contributed by atoms with Gasteiger partial charge in [-0.3, -0.25) is 0 Å². The molecule has 21 heavy (non-hydrogen) atoms. The molecule has 5 heteroatoms. The van der Waals surface area contributed by atoms with E-state index in [1.54, 1.807) is 6.07 Å². The van der Waals surface area contributed by atoms with Crippen LogP contribution in [0, 0.1) is 13.8 Å². The van der Waals surface area contributed by atoms with Crippen molar-refractivity contribution in [1.29, 1.82) is 0 Å². The molecule has 0 amide bonds. The minimum absolute atomic E-state index is 0.272. The summed E-state index contributed by atoms with van der Waals surface area (Å²) < 4.78 is 12.5. The van der Waals surface area contributed by atoms with Crippen LogP contribution in [0.15, 0.2) is 39.2 Å². The highest BCUT2D eigenvalue weighted by molar-refractivity contribution is 9.10. The Morgan fingerprint density at radius 2 is 1.95 bits per heavy atom. The van der Waals surface area contributed by atoms with E-state index in [2.05, 4.69) is 20.9 Å². The summed E-state index contributed by atoms with van der Waals surface area (Å²) in [6, 6.07) is 9.45. The fourth-order valence-electron chi connectivity index (χ4n) is 2.21. The van der Waals surface area contributed by atoms with Gasteiger partial charge in [-0.15, -0.1) is 0 Å². The van der Waals surface area contributed by atoms with Gasteiger partial charge in [0, 0.05) is 4.47 Å². The van der Waals surface area contributed by atoms with E-state index in [0.29, 0.717) is 22.7 Å². The number of nitrogens with two attached hydrogens (primary N) is 1. The fraction of sp³-hybridized carbons (Fsp3) is 0.188. The van der Waals surface area contributed by atoms with E-state index in [9.17, 15) is 0 Å². The zero-order valence-corrected chi connectivity index (χ0v) is 13.4. The van der Waals surface area contributed by atoms with Crippen molar-refractivity contribution in [2.45, 2.75) is 20.5 Å². The van der Waals surface area contributed by atoms with Crippen LogP contribution >= 0.6 is 15.9 Å². The lowest BCUT2D eigenvalue weighted by molar-refractivity contribution is 0.267. The Bertz CT molecular complexity index is 788. The Morgan fingerprint density at radius 1 is 1.24 bits per heavy atom. The average Bonchev–Trinajstić information content (AvgIpc) is 2.87. The average molecular weight is 347 g/mol. The molecule has 0 saturated heterocycles. The summed E-state index contributed by atoms with van der Waals surface area (Å²) in [4.78, 5) is 4.36. The van der Waals surface area contributed by atoms with E-state index in [1.165, 1.54) is 0 Å². The minimum Gasteiger partial charge on any atom is -0.484 e. The van der Waals surface area contributed by atoms with Crippen molar-refractivity contribution in [2.24, 2.45) is 0 Å². The van der Waals surface area contributed by atoms with Gasteiger partial charge in [0.15, 0.2) is 12.2 Å². The van der Waals surface area contributed by atoms with E-state index in [1.807, 2.05) is 38.1 Å². The van der Waals surface area contributed by atoms with Crippen LogP contribution in [0.3, 0.4) is 0 Å². The molecule has 1 aromatic heterocycles. The van der Waals surface area contributed by atoms with Gasteiger partial charge >= 0.3 is 0 Å². The standard InChI is InChI=1S/C16H15BrN2O2/c1-9-6-11(7-10(2)15(9)17)20-8-14-19-16-12(18)4-3-5-13(16)21-14/h3-7H,8,18H2,1-2H3. The highest BCUT2D eigenvalue weighted by atomic mass is 79.9. The summed E-state index contributed by atoms with van der Waals surface area (Å²) in [5.41, 5.74) is 10.1. The lowest BCUT2D eigenvalue weighted by Gasteiger charge is -2.08. The number of rotatable bonds is 3. The summed E-state index contributed by atoms with van der Waals surface area (Å²) >= 11 is 3.54. The third-order valence-corrected chi connectivity index (χ3v) is 4.52. The van der Waals surface area contributed by atoms with Gasteiger partial charge in [-0.05, 0) is 49.2 Å². The molecule has 0 saturated carbocycles. The molecule has 1 heterocycles. The van der Waals surface area contributed by atoms with Crippen LogP contribution in [-0.4, -0.2) is 4.98 Å². The Hall–Kier alpha value is -2.01. The van der Waals surface area contributed by atoms with Crippen molar-refractivity contribution in [2.75, 3.05) is 5.73 Å². The number of nitrogen functional groups attached to an aromatic ring is 1. The van der Waals surface area contributed by atoms with Crippen LogP contribution in [0.5, 0.6) is 5.75 Å². The Labute approximate surface area is 131 Å². The summed E-state index contributed by atoms with van der Waals surface area (Å²) in [7, 11) is 0. The van der Waals surface area contributed by atoms with Gasteiger partial charge in [-0.2, -0.15) is 0 Å². The predicted octanol–water partition coefficient (Wildman–Crippen LogP) is 4.37. The largest absolute Gasteiger partial charge is 0.484 e. The molecule has 3 rings (SSSR count). The van der Waals surface area contributed by atoms with Crippen LogP contribution in [0.25, 0.3) is 11.1 Å². The van der Waals surface area contributed by atoms with Gasteiger partial charge < -0.3 is 14.9 Å². The summed E-state index contributed by atoms with van der Waals surface area (Å²) in [6.45, 7) is 4.34. The SMILES string of the molecule is Cc1cc(OCc2nc3c(N)cccc3o2)cc(C)c1Br. The second kappa shape index (κ2) is 5.41. The first-order valence-corrected chi connectivity index (χ1v) is 7.37. The number of nitrogens with zero attached hydrogens (tertiary/aromatic N) is 1. The molecular weight excluding hydrogens is 332 g/mol. The molecule has 2 N–H and O–H groups in total. The van der Waals surface area contributed by atoms with Crippen LogP contribution in [0.4, 0.5) is 5.69 Å². The molecule has 0 spiro atoms. The smallest absolute Gasteiger partial charge is 0.233 e. The van der Waals surface area contributed by atoms with Crippen LogP contribution in [0.2, 0.25) is 0 Å². The highest BCUT2D eigenvalue weighted by Crippen LogP contribution is 2.27. The molecule has 0 unspecified atom stereocenters. The van der Waals surface area contributed by atoms with Gasteiger partial charge in [0.2, 0.25) is 5.89 Å². The number of para-hydroxylation sites is 1. The van der Waals surface area contributed by atoms with E-state index in [-0.39, 0.29) is 6.61 Å². The van der Waals surface area contributed by atoms with Crippen molar-refractivity contribution in [3.8, 4) is 5.75 Å². The highest BCUT2D eigenvalue weighted by Gasteiger charge is 2.09. The molecule has 3 aromatic rings. The minimum atomic E-state index is 0.272. The Balaban J connectivity index is 1.82. The Kier molecular flexibility index (Phi) is 3.59. The van der Waals surface area contributed by atoms with Crippen molar-refractivity contribution in [3.05, 3.63) is 51.8 Å². The molecule has 108 valence electrons. The number of halogens is 1. The topological polar surface area (TPSA) is 61.3 Å². The van der Waals surface area contributed by atoms with Crippen molar-refractivity contribution in [3.63, 3.8) is 0 Å². The molecule has 0 atom stereocenters. The fourth-order valence-corrected chi connectivity index (χ4v) is 2.44. The second-order valence-electron chi connectivity index (χ2n) is 4.96. The van der Waals surface area contributed by atoms with Crippen LogP contribution < -0.4 is 10.5 Å². The number of hydrogen-bond donors (Lipinski definition) is 1. The van der Waals surface area contributed by atoms with Crippen molar-refractivity contribution in [1.82, 2.24) is 4.98 Å². The number of hydrogen-bond acceptors (Lipinski definition) is 4. The van der Waals surface area contributed by atoms with Crippen molar-refractivity contribution >= 4 is 32.7 Å². The number of aryl methyl sites for hydroxylation is 2. The maximum atomic E-state index is 5.86. The third kappa shape index (κ3) is 2.74. The summed E-state index contributed by atoms with van der Waals surface area (Å²) in [5.74, 6) is 1.31. The lowest BCUT2D eigenvalue weighted by atomic mass is 10.1. The zero-order valence-electron chi connectivity index (χ0n) is 11.8. The first-order chi connectivity index (χ1) is 10.0. The van der Waals surface area contributed by atoms with Crippen LogP contribution in [0.1, 0.15) is 17.0 Å². The molecule has 0 radical (unpaired) electrons. The monoisotopic (exact) mass is 346 g/mol. The number of anilines is 1. The number of oxazole rings is 1. The number of aromatic nitrogens is 1. The second-order valence-corrected chi connectivity index (χ2v) is 5.75. The molecule has 0 fully saturated rings. The number of ether oxygens (including phenoxy) is 1. The molecule has 0 aliphatic carbocycles. The van der Waals surface area contributed by atoms with E-state index >= 15 is 0 Å². The number of benzene rings is 2. The van der Waals surface area contributed by atoms with E-state index in [0.717, 1.165) is 21.3 Å². The zero-order chi connectivity index (χ0) is 15.0. The number of fused-ring (bicyclic) bond motifs is 1. The maximum absolute atomic E-state index is 5.86. The van der Waals surface area contributed by atoms with E-state index < -0.39 is 0 Å². The first kappa shape index (κ1) is 13.9. The first-order valence-electron chi connectivity index (χ1n) is 6.58. The normalized spacial score (nSPS) is 11.0. The van der Waals surface area contributed by atoms with Crippen LogP contribution in [-0.2, 0) is 6.61 Å². The van der Waals surface area contributed by atoms with Gasteiger partial charge in [0.25, 0.3) is 0 Å². The third-order valence-electron chi connectivity index (χ3n) is 3.27. The lowest BCUT2D eigenvalue weighted by Crippen LogP contribution is -1.97. The quantitative estimate of drug-likeness (QED) is 0.715. The molecule has 0 bridgehead atoms. The van der Waals surface area contributed by atoms with Gasteiger partial charge in [-0.1, -0.05) is 22.0 Å². The van der Waals surface area contributed by atoms with Gasteiger partial charge in [0.1, 0.15) is 11.3 Å².